The zero-order chi connectivity index (χ0) is 21.5. The monoisotopic (exact) mass is 484 g/mol. The minimum Gasteiger partial charge on any atom is -0.342 e. The Hall–Kier alpha value is -2.71. The summed E-state index contributed by atoms with van der Waals surface area (Å²) in [4.78, 5) is 24.9. The van der Waals surface area contributed by atoms with Gasteiger partial charge in [0.1, 0.15) is 0 Å². The number of hydrogen-bond acceptors (Lipinski definition) is 5. The fourth-order valence-electron chi connectivity index (χ4n) is 2.81. The van der Waals surface area contributed by atoms with Crippen LogP contribution in [0.25, 0.3) is 0 Å². The van der Waals surface area contributed by atoms with E-state index in [0.717, 1.165) is 4.47 Å². The van der Waals surface area contributed by atoms with Crippen LogP contribution in [-0.4, -0.2) is 32.2 Å². The van der Waals surface area contributed by atoms with Crippen molar-refractivity contribution < 1.29 is 9.59 Å². The van der Waals surface area contributed by atoms with Crippen LogP contribution in [0.2, 0.25) is 0 Å². The van der Waals surface area contributed by atoms with Gasteiger partial charge in [-0.3, -0.25) is 9.59 Å². The van der Waals surface area contributed by atoms with E-state index in [4.69, 9.17) is 0 Å². The third kappa shape index (κ3) is 5.46. The van der Waals surface area contributed by atoms with Crippen LogP contribution in [0.15, 0.2) is 76.9 Å². The van der Waals surface area contributed by atoms with Gasteiger partial charge in [0, 0.05) is 22.1 Å². The molecule has 154 valence electrons. The van der Waals surface area contributed by atoms with E-state index in [1.807, 2.05) is 41.8 Å². The van der Waals surface area contributed by atoms with E-state index >= 15 is 0 Å². The van der Waals surface area contributed by atoms with Gasteiger partial charge >= 0.3 is 0 Å². The van der Waals surface area contributed by atoms with E-state index < -0.39 is 0 Å². The van der Waals surface area contributed by atoms with Gasteiger partial charge < -0.3 is 9.88 Å². The lowest BCUT2D eigenvalue weighted by Crippen LogP contribution is -2.28. The van der Waals surface area contributed by atoms with Crippen LogP contribution in [0.5, 0.6) is 0 Å². The third-order valence-corrected chi connectivity index (χ3v) is 5.82. The predicted molar refractivity (Wildman–Crippen MR) is 122 cm³/mol. The van der Waals surface area contributed by atoms with Gasteiger partial charge in [-0.1, -0.05) is 64.1 Å². The molecule has 0 unspecified atom stereocenters. The van der Waals surface area contributed by atoms with Crippen LogP contribution >= 0.6 is 27.7 Å². The number of allylic oxidation sites excluding steroid dienone is 1. The van der Waals surface area contributed by atoms with Gasteiger partial charge in [-0.05, 0) is 31.2 Å². The lowest BCUT2D eigenvalue weighted by Gasteiger charge is -2.15. The van der Waals surface area contributed by atoms with Gasteiger partial charge in [0.2, 0.25) is 0 Å². The summed E-state index contributed by atoms with van der Waals surface area (Å²) in [6.45, 7) is 6.12. The molecule has 1 amide bonds. The Kier molecular flexibility index (Phi) is 7.59. The molecule has 1 atom stereocenters. The molecule has 0 spiro atoms. The molecule has 0 radical (unpaired) electrons. The first-order valence-electron chi connectivity index (χ1n) is 9.31. The number of nitrogens with zero attached hydrogens (tertiary/aromatic N) is 3. The van der Waals surface area contributed by atoms with Crippen molar-refractivity contribution in [3.05, 3.63) is 88.7 Å². The Labute approximate surface area is 187 Å². The zero-order valence-corrected chi connectivity index (χ0v) is 18.8. The summed E-state index contributed by atoms with van der Waals surface area (Å²) in [5, 5.41) is 12.0. The lowest BCUT2D eigenvalue weighted by atomic mass is 10.2. The van der Waals surface area contributed by atoms with Crippen LogP contribution in [0.3, 0.4) is 0 Å². The summed E-state index contributed by atoms with van der Waals surface area (Å²) >= 11 is 4.68. The van der Waals surface area contributed by atoms with Crippen molar-refractivity contribution >= 4 is 39.4 Å². The molecule has 0 saturated heterocycles. The van der Waals surface area contributed by atoms with Crippen molar-refractivity contribution in [1.82, 2.24) is 20.1 Å². The SMILES string of the molecule is C=CCn1c(SCC(=O)c2ccc(Br)cc2)nnc1[C@H](C)NC(=O)c1ccccc1. The van der Waals surface area contributed by atoms with Crippen molar-refractivity contribution in [2.24, 2.45) is 0 Å². The number of benzene rings is 2. The van der Waals surface area contributed by atoms with Crippen LogP contribution in [0, 0.1) is 0 Å². The molecule has 0 fully saturated rings. The van der Waals surface area contributed by atoms with E-state index in [0.29, 0.717) is 28.7 Å². The second-order valence-corrected chi connectivity index (χ2v) is 8.38. The number of carbonyl (C=O) groups excluding carboxylic acids is 2. The second kappa shape index (κ2) is 10.4. The number of rotatable bonds is 9. The Morgan fingerprint density at radius 3 is 2.50 bits per heavy atom. The van der Waals surface area contributed by atoms with Crippen molar-refractivity contribution in [3.63, 3.8) is 0 Å². The first kappa shape index (κ1) is 22.0. The molecular formula is C22H21BrN4O2S. The average molecular weight is 485 g/mol. The number of Topliss-reactive ketones (excluding diaryl/α,β-unsaturated/α-hetero) is 1. The van der Waals surface area contributed by atoms with Gasteiger partial charge in [-0.25, -0.2) is 0 Å². The van der Waals surface area contributed by atoms with E-state index in [-0.39, 0.29) is 23.5 Å². The highest BCUT2D eigenvalue weighted by atomic mass is 79.9. The van der Waals surface area contributed by atoms with Crippen molar-refractivity contribution in [1.29, 1.82) is 0 Å². The van der Waals surface area contributed by atoms with Crippen molar-refractivity contribution in [3.8, 4) is 0 Å². The number of amides is 1. The summed E-state index contributed by atoms with van der Waals surface area (Å²) in [6, 6.07) is 15.9. The molecule has 8 heteroatoms. The maximum absolute atomic E-state index is 12.5. The van der Waals surface area contributed by atoms with Crippen LogP contribution in [0.1, 0.15) is 39.5 Å². The smallest absolute Gasteiger partial charge is 0.251 e. The molecule has 3 aromatic rings. The van der Waals surface area contributed by atoms with Gasteiger partial charge in [-0.2, -0.15) is 0 Å². The molecular weight excluding hydrogens is 464 g/mol. The molecule has 1 aromatic heterocycles. The molecule has 3 rings (SSSR count). The minimum atomic E-state index is -0.360. The van der Waals surface area contributed by atoms with Gasteiger partial charge in [0.15, 0.2) is 16.8 Å². The summed E-state index contributed by atoms with van der Waals surface area (Å²) in [6.07, 6.45) is 1.74. The minimum absolute atomic E-state index is 0.00707. The highest BCUT2D eigenvalue weighted by Gasteiger charge is 2.20. The first-order valence-corrected chi connectivity index (χ1v) is 11.1. The zero-order valence-electron chi connectivity index (χ0n) is 16.4. The van der Waals surface area contributed by atoms with Gasteiger partial charge in [0.05, 0.1) is 11.8 Å². The maximum atomic E-state index is 12.5. The fourth-order valence-corrected chi connectivity index (χ4v) is 3.92. The predicted octanol–water partition coefficient (Wildman–Crippen LogP) is 4.69. The molecule has 0 aliphatic heterocycles. The molecule has 0 saturated carbocycles. The second-order valence-electron chi connectivity index (χ2n) is 6.52. The van der Waals surface area contributed by atoms with E-state index in [2.05, 4.69) is 38.0 Å². The van der Waals surface area contributed by atoms with E-state index in [1.54, 1.807) is 30.3 Å². The maximum Gasteiger partial charge on any atom is 0.251 e. The topological polar surface area (TPSA) is 76.9 Å². The summed E-state index contributed by atoms with van der Waals surface area (Å²) in [7, 11) is 0. The van der Waals surface area contributed by atoms with Crippen molar-refractivity contribution in [2.75, 3.05) is 5.75 Å². The quantitative estimate of drug-likeness (QED) is 0.270. The molecule has 0 aliphatic carbocycles. The van der Waals surface area contributed by atoms with Gasteiger partial charge in [-0.15, -0.1) is 16.8 Å². The van der Waals surface area contributed by atoms with Crippen molar-refractivity contribution in [2.45, 2.75) is 24.7 Å². The highest BCUT2D eigenvalue weighted by molar-refractivity contribution is 9.10. The lowest BCUT2D eigenvalue weighted by molar-refractivity contribution is 0.0937. The number of nitrogens with one attached hydrogen (secondary N) is 1. The first-order chi connectivity index (χ1) is 14.5. The largest absolute Gasteiger partial charge is 0.342 e. The van der Waals surface area contributed by atoms with E-state index in [1.165, 1.54) is 11.8 Å². The highest BCUT2D eigenvalue weighted by Crippen LogP contribution is 2.22. The van der Waals surface area contributed by atoms with E-state index in [9.17, 15) is 9.59 Å². The summed E-state index contributed by atoms with van der Waals surface area (Å²) in [5.41, 5.74) is 1.22. The number of thioether (sulfide) groups is 1. The van der Waals surface area contributed by atoms with Crippen LogP contribution in [-0.2, 0) is 6.54 Å². The number of halogens is 1. The molecule has 1 heterocycles. The van der Waals surface area contributed by atoms with Crippen LogP contribution in [0.4, 0.5) is 0 Å². The number of hydrogen-bond donors (Lipinski definition) is 1. The third-order valence-electron chi connectivity index (χ3n) is 4.33. The Morgan fingerprint density at radius 1 is 1.13 bits per heavy atom. The molecule has 0 bridgehead atoms. The molecule has 0 aliphatic rings. The number of aromatic nitrogens is 3. The number of carbonyl (C=O) groups is 2. The standard InChI is InChI=1S/C22H21BrN4O2S/c1-3-13-27-20(15(2)24-21(29)17-7-5-4-6-8-17)25-26-22(27)30-14-19(28)16-9-11-18(23)12-10-16/h3-12,15H,1,13-14H2,2H3,(H,24,29)/t15-/m0/s1. The Balaban J connectivity index is 1.71. The molecule has 1 N–H and O–H groups in total. The normalized spacial score (nSPS) is 11.7. The molecule has 2 aromatic carbocycles. The van der Waals surface area contributed by atoms with Crippen LogP contribution < -0.4 is 5.32 Å². The Bertz CT molecular complexity index is 1040. The molecule has 6 nitrogen and oxygen atoms in total. The number of ketones is 1. The average Bonchev–Trinajstić information content (AvgIpc) is 3.16. The summed E-state index contributed by atoms with van der Waals surface area (Å²) in [5.74, 6) is 0.669. The summed E-state index contributed by atoms with van der Waals surface area (Å²) < 4.78 is 2.79. The van der Waals surface area contributed by atoms with Gasteiger partial charge in [0.25, 0.3) is 5.91 Å². The Morgan fingerprint density at radius 2 is 1.83 bits per heavy atom. The fraction of sp³-hybridized carbons (Fsp3) is 0.182. The molecule has 30 heavy (non-hydrogen) atoms.